The van der Waals surface area contributed by atoms with Gasteiger partial charge in [0.25, 0.3) is 5.56 Å². The number of aliphatic hydroxyl groups excluding tert-OH is 1. The van der Waals surface area contributed by atoms with Crippen LogP contribution < -0.4 is 20.9 Å². The van der Waals surface area contributed by atoms with Crippen LogP contribution >= 0.6 is 7.75 Å². The van der Waals surface area contributed by atoms with Gasteiger partial charge in [0.05, 0.1) is 12.7 Å². The zero-order chi connectivity index (χ0) is 26.7. The number of aliphatic hydroxyl groups is 1. The molecule has 13 nitrogen and oxygen atoms in total. The van der Waals surface area contributed by atoms with Gasteiger partial charge in [0, 0.05) is 12.3 Å². The van der Waals surface area contributed by atoms with Crippen LogP contribution in [-0.2, 0) is 28.2 Å². The minimum atomic E-state index is -4.89. The highest BCUT2D eigenvalue weighted by atomic mass is 31.2. The number of nitrogens with one attached hydrogen (secondary N) is 2. The van der Waals surface area contributed by atoms with Crippen molar-refractivity contribution in [3.63, 3.8) is 0 Å². The van der Waals surface area contributed by atoms with E-state index < -0.39 is 67.7 Å². The van der Waals surface area contributed by atoms with Crippen LogP contribution in [0.3, 0.4) is 0 Å². The molecule has 5 atom stereocenters. The molecule has 1 aromatic heterocycles. The second-order valence-electron chi connectivity index (χ2n) is 8.20. The van der Waals surface area contributed by atoms with E-state index in [2.05, 4.69) is 0 Å². The number of amides is 1. The van der Waals surface area contributed by atoms with Crippen molar-refractivity contribution in [3.05, 3.63) is 63.4 Å². The summed E-state index contributed by atoms with van der Waals surface area (Å²) in [6, 6.07) is 8.33. The summed E-state index contributed by atoms with van der Waals surface area (Å²) in [5.41, 5.74) is -4.42. The van der Waals surface area contributed by atoms with Crippen molar-refractivity contribution in [2.75, 3.05) is 6.61 Å². The number of aromatic nitrogens is 2. The molecule has 1 saturated heterocycles. The molecule has 1 fully saturated rings. The monoisotopic (exact) mass is 529 g/mol. The van der Waals surface area contributed by atoms with Crippen LogP contribution in [0.5, 0.6) is 5.75 Å². The first-order chi connectivity index (χ1) is 16.9. The number of H-pyrrole nitrogens is 1. The number of hydrogen-bond acceptors (Lipinski definition) is 10. The van der Waals surface area contributed by atoms with Gasteiger partial charge < -0.3 is 19.1 Å². The van der Waals surface area contributed by atoms with E-state index in [1.807, 2.05) is 10.1 Å². The number of aromatic amines is 1. The van der Waals surface area contributed by atoms with E-state index in [9.17, 15) is 28.8 Å². The second kappa shape index (κ2) is 10.7. The molecule has 0 radical (unpaired) electrons. The van der Waals surface area contributed by atoms with E-state index in [1.165, 1.54) is 38.1 Å². The Morgan fingerprint density at radius 1 is 1.28 bits per heavy atom. The average molecular weight is 529 g/mol. The molecule has 3 N–H and O–H groups in total. The van der Waals surface area contributed by atoms with Gasteiger partial charge in [-0.05, 0) is 32.9 Å². The lowest BCUT2D eigenvalue weighted by molar-refractivity contribution is -0.157. The lowest BCUT2D eigenvalue weighted by Gasteiger charge is -2.30. The Labute approximate surface area is 203 Å². The third-order valence-electron chi connectivity index (χ3n) is 4.95. The smallest absolute Gasteiger partial charge is 0.456 e. The van der Waals surface area contributed by atoms with Crippen molar-refractivity contribution in [3.8, 4) is 5.75 Å². The van der Waals surface area contributed by atoms with Crippen LogP contribution in [0.4, 0.5) is 4.39 Å². The summed E-state index contributed by atoms with van der Waals surface area (Å²) in [7, 11) is -4.89. The van der Waals surface area contributed by atoms with E-state index in [-0.39, 0.29) is 5.75 Å². The first-order valence-electron chi connectivity index (χ1n) is 10.7. The first-order valence-corrected chi connectivity index (χ1v) is 12.2. The number of carbonyl (C=O) groups excluding carboxylic acids is 2. The predicted molar refractivity (Wildman–Crippen MR) is 121 cm³/mol. The standard InChI is InChI=1S/C21H25FN3O10P/c1-12(2)32-18(29)17(28)24-36(31,34-13-7-5-4-6-8-13)35-16-14(11-26)33-19(21(16,3)22)25-10-9-15(27)23-20(25)30/h4-10,12,14,16,19,26H,11H2,1-3H3,(H,23,27,30)(H,24,28,31)/t14-,16-,19-,21-,36?/m1/s1. The van der Waals surface area contributed by atoms with Crippen LogP contribution in [0.1, 0.15) is 27.0 Å². The fraction of sp³-hybridized carbons (Fsp3) is 0.429. The molecule has 2 aromatic rings. The summed E-state index contributed by atoms with van der Waals surface area (Å²) >= 11 is 0. The highest BCUT2D eigenvalue weighted by molar-refractivity contribution is 7.53. The van der Waals surface area contributed by atoms with E-state index in [0.717, 1.165) is 23.8 Å². The van der Waals surface area contributed by atoms with Crippen molar-refractivity contribution in [1.29, 1.82) is 0 Å². The Hall–Kier alpha value is -3.32. The van der Waals surface area contributed by atoms with E-state index in [4.69, 9.17) is 18.5 Å². The molecule has 0 saturated carbocycles. The lowest BCUT2D eigenvalue weighted by Crippen LogP contribution is -2.46. The molecule has 0 aliphatic carbocycles. The Morgan fingerprint density at radius 2 is 1.94 bits per heavy atom. The van der Waals surface area contributed by atoms with Gasteiger partial charge >= 0.3 is 25.3 Å². The fourth-order valence-corrected chi connectivity index (χ4v) is 4.93. The maximum absolute atomic E-state index is 16.1. The van der Waals surface area contributed by atoms with Crippen LogP contribution in [0.15, 0.2) is 52.2 Å². The van der Waals surface area contributed by atoms with Gasteiger partial charge in [-0.2, -0.15) is 0 Å². The van der Waals surface area contributed by atoms with Crippen molar-refractivity contribution in [2.45, 2.75) is 51.0 Å². The van der Waals surface area contributed by atoms with E-state index in [0.29, 0.717) is 0 Å². The topological polar surface area (TPSA) is 175 Å². The number of ether oxygens (including phenoxy) is 2. The normalized spacial score (nSPS) is 25.2. The quantitative estimate of drug-likeness (QED) is 0.252. The molecule has 0 spiro atoms. The highest BCUT2D eigenvalue weighted by Crippen LogP contribution is 2.52. The summed E-state index contributed by atoms with van der Waals surface area (Å²) in [6.45, 7) is 3.05. The lowest BCUT2D eigenvalue weighted by atomic mass is 9.98. The van der Waals surface area contributed by atoms with Gasteiger partial charge in [-0.15, -0.1) is 0 Å². The SMILES string of the molecule is CC(C)OC(=O)C(=O)NP(=O)(Oc1ccccc1)O[C@@H]1[C@@H](CO)O[C@@H](n2ccc(=O)[nH]c2=O)[C@]1(C)F. The van der Waals surface area contributed by atoms with Crippen LogP contribution in [0, 0.1) is 0 Å². The number of benzene rings is 1. The third kappa shape index (κ3) is 6.08. The Kier molecular flexibility index (Phi) is 8.14. The predicted octanol–water partition coefficient (Wildman–Crippen LogP) is 0.795. The molecule has 1 aliphatic rings. The number of para-hydroxylation sites is 1. The molecule has 3 rings (SSSR count). The van der Waals surface area contributed by atoms with Crippen LogP contribution in [0.25, 0.3) is 0 Å². The van der Waals surface area contributed by atoms with Gasteiger partial charge in [0.2, 0.25) is 0 Å². The summed E-state index contributed by atoms with van der Waals surface area (Å²) < 4.78 is 51.4. The largest absolute Gasteiger partial charge is 0.489 e. The first kappa shape index (κ1) is 27.3. The Bertz CT molecular complexity index is 1260. The zero-order valence-electron chi connectivity index (χ0n) is 19.5. The number of esters is 1. The molecule has 15 heteroatoms. The minimum absolute atomic E-state index is 0.0632. The number of alkyl halides is 1. The number of nitrogens with zero attached hydrogens (tertiary/aromatic N) is 1. The van der Waals surface area contributed by atoms with Crippen molar-refractivity contribution in [1.82, 2.24) is 14.6 Å². The Balaban J connectivity index is 1.96. The minimum Gasteiger partial charge on any atom is -0.456 e. The maximum Gasteiger partial charge on any atom is 0.489 e. The number of halogens is 1. The molecule has 1 amide bonds. The molecular weight excluding hydrogens is 504 g/mol. The van der Waals surface area contributed by atoms with Crippen molar-refractivity contribution in [2.24, 2.45) is 0 Å². The number of carbonyl (C=O) groups is 2. The zero-order valence-corrected chi connectivity index (χ0v) is 20.3. The molecule has 1 unspecified atom stereocenters. The van der Waals surface area contributed by atoms with Crippen LogP contribution in [-0.4, -0.2) is 57.1 Å². The summed E-state index contributed by atoms with van der Waals surface area (Å²) in [5.74, 6) is -2.95. The summed E-state index contributed by atoms with van der Waals surface area (Å²) in [5, 5.41) is 11.6. The van der Waals surface area contributed by atoms with Gasteiger partial charge in [0.15, 0.2) is 11.9 Å². The molecule has 196 valence electrons. The Morgan fingerprint density at radius 3 is 2.53 bits per heavy atom. The molecule has 1 aromatic carbocycles. The summed E-state index contributed by atoms with van der Waals surface area (Å²) in [4.78, 5) is 49.9. The maximum atomic E-state index is 16.1. The molecule has 0 bridgehead atoms. The van der Waals surface area contributed by atoms with Crippen LogP contribution in [0.2, 0.25) is 0 Å². The number of rotatable bonds is 8. The number of hydrogen-bond donors (Lipinski definition) is 3. The molecular formula is C21H25FN3O10P. The second-order valence-corrected chi connectivity index (χ2v) is 9.81. The van der Waals surface area contributed by atoms with Gasteiger partial charge in [-0.3, -0.25) is 23.7 Å². The van der Waals surface area contributed by atoms with Crippen molar-refractivity contribution < 1.29 is 42.2 Å². The summed E-state index contributed by atoms with van der Waals surface area (Å²) in [6.07, 6.45) is -4.83. The van der Waals surface area contributed by atoms with Gasteiger partial charge in [-0.1, -0.05) is 18.2 Å². The molecule has 2 heterocycles. The van der Waals surface area contributed by atoms with E-state index in [1.54, 1.807) is 6.07 Å². The van der Waals surface area contributed by atoms with E-state index >= 15 is 4.39 Å². The fourth-order valence-electron chi connectivity index (χ4n) is 3.41. The highest BCUT2D eigenvalue weighted by Gasteiger charge is 2.59. The third-order valence-corrected chi connectivity index (χ3v) is 6.38. The van der Waals surface area contributed by atoms with Gasteiger partial charge in [0.1, 0.15) is 18.0 Å². The van der Waals surface area contributed by atoms with Crippen molar-refractivity contribution >= 4 is 19.6 Å². The molecule has 36 heavy (non-hydrogen) atoms. The average Bonchev–Trinajstić information content (AvgIpc) is 3.03. The molecule has 1 aliphatic heterocycles. The van der Waals surface area contributed by atoms with Gasteiger partial charge in [-0.25, -0.2) is 23.6 Å².